The molecule has 0 saturated carbocycles. The van der Waals surface area contributed by atoms with Crippen molar-refractivity contribution >= 4 is 33.4 Å². The molecule has 5 heteroatoms. The molecule has 1 N–H and O–H groups in total. The monoisotopic (exact) mass is 448 g/mol. The minimum Gasteiger partial charge on any atom is -0.324 e. The van der Waals surface area contributed by atoms with Crippen LogP contribution in [0.3, 0.4) is 0 Å². The predicted octanol–water partition coefficient (Wildman–Crippen LogP) is 4.96. The summed E-state index contributed by atoms with van der Waals surface area (Å²) in [5.74, 6) is -0.277. The Morgan fingerprint density at radius 2 is 1.79 bits per heavy atom. The molecule has 3 aromatic carbocycles. The molecule has 0 bridgehead atoms. The fourth-order valence-electron chi connectivity index (χ4n) is 3.66. The van der Waals surface area contributed by atoms with Crippen molar-refractivity contribution in [3.05, 3.63) is 99.5 Å². The summed E-state index contributed by atoms with van der Waals surface area (Å²) >= 11 is 3.48. The van der Waals surface area contributed by atoms with E-state index in [1.165, 1.54) is 0 Å². The summed E-state index contributed by atoms with van der Waals surface area (Å²) in [7, 11) is 0. The minimum absolute atomic E-state index is 0.0938. The van der Waals surface area contributed by atoms with Gasteiger partial charge in [0, 0.05) is 28.7 Å². The van der Waals surface area contributed by atoms with Crippen LogP contribution >= 0.6 is 15.9 Å². The number of nitrogens with zero attached hydrogens (tertiary/aromatic N) is 1. The fourth-order valence-corrected chi connectivity index (χ4v) is 3.91. The number of carbonyl (C=O) groups excluding carboxylic acids is 2. The Labute approximate surface area is 178 Å². The molecule has 0 radical (unpaired) electrons. The number of benzene rings is 3. The van der Waals surface area contributed by atoms with Crippen molar-refractivity contribution in [1.82, 2.24) is 4.90 Å². The molecule has 29 heavy (non-hydrogen) atoms. The number of carbonyl (C=O) groups is 2. The first-order valence-corrected chi connectivity index (χ1v) is 10.3. The normalized spacial score (nSPS) is 13.9. The molecule has 4 rings (SSSR count). The quantitative estimate of drug-likeness (QED) is 0.599. The van der Waals surface area contributed by atoms with E-state index < -0.39 is 6.04 Å². The average Bonchev–Trinajstić information content (AvgIpc) is 3.06. The third-order valence-corrected chi connectivity index (χ3v) is 6.12. The molecule has 0 spiro atoms. The Morgan fingerprint density at radius 3 is 2.52 bits per heavy atom. The number of nitrogens with one attached hydrogen (secondary N) is 1. The number of hydrogen-bond acceptors (Lipinski definition) is 2. The zero-order chi connectivity index (χ0) is 20.4. The third kappa shape index (κ3) is 4.10. The predicted molar refractivity (Wildman–Crippen MR) is 118 cm³/mol. The van der Waals surface area contributed by atoms with Gasteiger partial charge in [-0.1, -0.05) is 64.5 Å². The summed E-state index contributed by atoms with van der Waals surface area (Å²) in [6.07, 6.45) is 0.460. The summed E-state index contributed by atoms with van der Waals surface area (Å²) < 4.78 is 0.988. The topological polar surface area (TPSA) is 49.4 Å². The van der Waals surface area contributed by atoms with Crippen LogP contribution in [0.2, 0.25) is 0 Å². The number of halogens is 1. The van der Waals surface area contributed by atoms with E-state index in [4.69, 9.17) is 0 Å². The molecule has 1 atom stereocenters. The van der Waals surface area contributed by atoms with Crippen LogP contribution in [0.15, 0.2) is 77.3 Å². The van der Waals surface area contributed by atoms with E-state index >= 15 is 0 Å². The molecule has 1 aliphatic heterocycles. The zero-order valence-electron chi connectivity index (χ0n) is 16.1. The summed E-state index contributed by atoms with van der Waals surface area (Å²) in [6.45, 7) is 2.42. The highest BCUT2D eigenvalue weighted by atomic mass is 79.9. The van der Waals surface area contributed by atoms with Crippen molar-refractivity contribution < 1.29 is 9.59 Å². The molecule has 0 saturated heterocycles. The average molecular weight is 449 g/mol. The Bertz CT molecular complexity index is 1070. The van der Waals surface area contributed by atoms with Crippen LogP contribution in [0.5, 0.6) is 0 Å². The van der Waals surface area contributed by atoms with E-state index in [2.05, 4.69) is 21.2 Å². The van der Waals surface area contributed by atoms with Gasteiger partial charge >= 0.3 is 0 Å². The smallest absolute Gasteiger partial charge is 0.255 e. The Balaban J connectivity index is 1.62. The molecule has 0 aromatic heterocycles. The van der Waals surface area contributed by atoms with Crippen LogP contribution in [-0.4, -0.2) is 22.8 Å². The van der Waals surface area contributed by atoms with Crippen molar-refractivity contribution in [3.63, 3.8) is 0 Å². The highest BCUT2D eigenvalue weighted by Gasteiger charge is 2.36. The van der Waals surface area contributed by atoms with E-state index in [1.807, 2.05) is 79.7 Å². The summed E-state index contributed by atoms with van der Waals surface area (Å²) in [6, 6.07) is 22.5. The van der Waals surface area contributed by atoms with E-state index in [0.717, 1.165) is 26.9 Å². The minimum atomic E-state index is -0.596. The summed E-state index contributed by atoms with van der Waals surface area (Å²) in [4.78, 5) is 28.0. The van der Waals surface area contributed by atoms with Gasteiger partial charge in [0.1, 0.15) is 6.04 Å². The fraction of sp³-hybridized carbons (Fsp3) is 0.167. The number of fused-ring (bicyclic) bond motifs is 1. The first-order valence-electron chi connectivity index (χ1n) is 9.53. The van der Waals surface area contributed by atoms with Gasteiger partial charge in [0.15, 0.2) is 0 Å². The largest absolute Gasteiger partial charge is 0.324 e. The van der Waals surface area contributed by atoms with Crippen molar-refractivity contribution in [2.75, 3.05) is 5.32 Å². The molecule has 4 nitrogen and oxygen atoms in total. The van der Waals surface area contributed by atoms with Crippen LogP contribution in [0.1, 0.15) is 27.0 Å². The molecular formula is C24H21BrN2O2. The van der Waals surface area contributed by atoms with Gasteiger partial charge in [0.2, 0.25) is 5.91 Å². The lowest BCUT2D eigenvalue weighted by atomic mass is 10.0. The zero-order valence-corrected chi connectivity index (χ0v) is 17.6. The van der Waals surface area contributed by atoms with Crippen molar-refractivity contribution in [1.29, 1.82) is 0 Å². The number of aryl methyl sites for hydroxylation is 1. The van der Waals surface area contributed by atoms with E-state index in [0.29, 0.717) is 18.5 Å². The van der Waals surface area contributed by atoms with Crippen LogP contribution in [-0.2, 0) is 17.8 Å². The summed E-state index contributed by atoms with van der Waals surface area (Å²) in [5, 5.41) is 3.00. The third-order valence-electron chi connectivity index (χ3n) is 5.23. The summed E-state index contributed by atoms with van der Waals surface area (Å²) in [5.41, 5.74) is 4.41. The molecule has 3 aromatic rings. The Morgan fingerprint density at radius 1 is 1.07 bits per heavy atom. The lowest BCUT2D eigenvalue weighted by Gasteiger charge is -2.27. The molecule has 2 amide bonds. The van der Waals surface area contributed by atoms with Gasteiger partial charge in [-0.3, -0.25) is 9.59 Å². The maximum absolute atomic E-state index is 13.3. The number of anilines is 1. The van der Waals surface area contributed by atoms with Crippen LogP contribution in [0.4, 0.5) is 5.69 Å². The maximum atomic E-state index is 13.3. The van der Waals surface area contributed by atoms with E-state index in [-0.39, 0.29) is 11.8 Å². The second-order valence-electron chi connectivity index (χ2n) is 7.25. The van der Waals surface area contributed by atoms with Crippen LogP contribution < -0.4 is 5.32 Å². The first kappa shape index (κ1) is 19.4. The molecule has 0 fully saturated rings. The van der Waals surface area contributed by atoms with Crippen molar-refractivity contribution in [2.24, 2.45) is 0 Å². The van der Waals surface area contributed by atoms with E-state index in [1.54, 1.807) is 4.90 Å². The second kappa shape index (κ2) is 8.21. The van der Waals surface area contributed by atoms with Crippen LogP contribution in [0.25, 0.3) is 0 Å². The van der Waals surface area contributed by atoms with Crippen molar-refractivity contribution in [3.8, 4) is 0 Å². The molecular weight excluding hydrogens is 428 g/mol. The molecule has 146 valence electrons. The van der Waals surface area contributed by atoms with Gasteiger partial charge in [-0.15, -0.1) is 0 Å². The molecule has 0 aliphatic carbocycles. The van der Waals surface area contributed by atoms with E-state index in [9.17, 15) is 9.59 Å². The van der Waals surface area contributed by atoms with Gasteiger partial charge in [-0.25, -0.2) is 0 Å². The molecule has 1 aliphatic rings. The molecule has 1 heterocycles. The van der Waals surface area contributed by atoms with Crippen molar-refractivity contribution in [2.45, 2.75) is 25.9 Å². The van der Waals surface area contributed by atoms with Gasteiger partial charge in [-0.05, 0) is 47.9 Å². The SMILES string of the molecule is Cc1cc(NC(=O)[C@@H](Cc2ccccc2)N2Cc3ccccc3C2=O)ccc1Br. The Kier molecular flexibility index (Phi) is 5.49. The lowest BCUT2D eigenvalue weighted by molar-refractivity contribution is -0.120. The highest BCUT2D eigenvalue weighted by Crippen LogP contribution is 2.27. The second-order valence-corrected chi connectivity index (χ2v) is 8.10. The molecule has 0 unspecified atom stereocenters. The lowest BCUT2D eigenvalue weighted by Crippen LogP contribution is -2.45. The highest BCUT2D eigenvalue weighted by molar-refractivity contribution is 9.10. The van der Waals surface area contributed by atoms with Gasteiger partial charge in [-0.2, -0.15) is 0 Å². The van der Waals surface area contributed by atoms with Gasteiger partial charge < -0.3 is 10.2 Å². The maximum Gasteiger partial charge on any atom is 0.255 e. The number of amides is 2. The van der Waals surface area contributed by atoms with Gasteiger partial charge in [0.05, 0.1) is 0 Å². The number of hydrogen-bond donors (Lipinski definition) is 1. The number of rotatable bonds is 5. The Hall–Kier alpha value is -2.92. The van der Waals surface area contributed by atoms with Crippen LogP contribution in [0, 0.1) is 6.92 Å². The first-order chi connectivity index (χ1) is 14.0. The standard InChI is InChI=1S/C24H21BrN2O2/c1-16-13-19(11-12-21(16)25)26-23(28)22(14-17-7-3-2-4-8-17)27-15-18-9-5-6-10-20(18)24(27)29/h2-13,22H,14-15H2,1H3,(H,26,28)/t22-/m1/s1. The van der Waals surface area contributed by atoms with Gasteiger partial charge in [0.25, 0.3) is 5.91 Å².